The fourth-order valence-electron chi connectivity index (χ4n) is 5.94. The van der Waals surface area contributed by atoms with Crippen LogP contribution in [0.1, 0.15) is 39.0 Å². The monoisotopic (exact) mass is 960 g/mol. The first kappa shape index (κ1) is 58.2. The van der Waals surface area contributed by atoms with Gasteiger partial charge in [-0.1, -0.05) is 0 Å². The van der Waals surface area contributed by atoms with E-state index < -0.39 is 172 Å². The number of rotatable bonds is 30. The van der Waals surface area contributed by atoms with Crippen molar-refractivity contribution >= 4 is 71.0 Å². The summed E-state index contributed by atoms with van der Waals surface area (Å²) < 4.78 is 0. The highest BCUT2D eigenvalue weighted by Crippen LogP contribution is 2.19. The van der Waals surface area contributed by atoms with Crippen molar-refractivity contribution in [2.75, 3.05) is 65.8 Å². The van der Waals surface area contributed by atoms with Gasteiger partial charge in [-0.2, -0.15) is 0 Å². The highest BCUT2D eigenvalue weighted by atomic mass is 16.4. The minimum Gasteiger partial charge on any atom is -0.394 e. The molecule has 0 saturated carbocycles. The first-order valence-corrected chi connectivity index (χ1v) is 20.6. The summed E-state index contributed by atoms with van der Waals surface area (Å²) in [5.74, 6) is -12.0. The molecular weight excluding hydrogens is 900 g/mol. The van der Waals surface area contributed by atoms with Gasteiger partial charge >= 0.3 is 5.97 Å². The number of aliphatic hydroxyl groups is 4. The van der Waals surface area contributed by atoms with Crippen LogP contribution in [0.3, 0.4) is 0 Å². The lowest BCUT2D eigenvalue weighted by atomic mass is 10.1. The van der Waals surface area contributed by atoms with E-state index in [0.29, 0.717) is 6.42 Å². The second-order valence-electron chi connectivity index (χ2n) is 14.6. The molecule has 31 heteroatoms. The van der Waals surface area contributed by atoms with E-state index in [9.17, 15) is 83.4 Å². The maximum Gasteiger partial charge on any atom is 0.377 e. The van der Waals surface area contributed by atoms with Crippen molar-refractivity contribution in [1.82, 2.24) is 52.8 Å². The molecule has 1 aliphatic heterocycles. The molecule has 1 rings (SSSR count). The van der Waals surface area contributed by atoms with E-state index in [1.54, 1.807) is 0 Å². The van der Waals surface area contributed by atoms with Gasteiger partial charge in [0, 0.05) is 19.5 Å². The van der Waals surface area contributed by atoms with Crippen molar-refractivity contribution in [1.29, 1.82) is 0 Å². The Balaban J connectivity index is 2.94. The van der Waals surface area contributed by atoms with Crippen LogP contribution >= 0.6 is 0 Å². The molecule has 1 heterocycles. The Bertz CT molecular complexity index is 1780. The Hall–Kier alpha value is -6.80. The molecule has 8 atom stereocenters. The predicted octanol–water partition coefficient (Wildman–Crippen LogP) is -11.6. The number of aliphatic imine (C=N–C) groups is 1. The average molecular weight is 961 g/mol. The zero-order chi connectivity index (χ0) is 50.8. The van der Waals surface area contributed by atoms with Gasteiger partial charge in [0.15, 0.2) is 5.96 Å². The highest BCUT2D eigenvalue weighted by molar-refractivity contribution is 5.98. The van der Waals surface area contributed by atoms with E-state index in [2.05, 4.69) is 42.2 Å². The van der Waals surface area contributed by atoms with Gasteiger partial charge in [0.2, 0.25) is 59.1 Å². The van der Waals surface area contributed by atoms with Crippen LogP contribution < -0.4 is 65.1 Å². The third-order valence-corrected chi connectivity index (χ3v) is 9.50. The zero-order valence-electron chi connectivity index (χ0n) is 36.4. The van der Waals surface area contributed by atoms with Gasteiger partial charge in [0.1, 0.15) is 48.3 Å². The molecule has 0 aromatic rings. The van der Waals surface area contributed by atoms with Crippen LogP contribution in [0, 0.1) is 0 Å². The normalized spacial score (nSPS) is 16.2. The van der Waals surface area contributed by atoms with Crippen LogP contribution in [-0.4, -0.2) is 210 Å². The quantitative estimate of drug-likeness (QED) is 0.0181. The predicted molar refractivity (Wildman–Crippen MR) is 223 cm³/mol. The molecule has 1 unspecified atom stereocenters. The van der Waals surface area contributed by atoms with Crippen molar-refractivity contribution < 1.29 is 83.4 Å². The van der Waals surface area contributed by atoms with Crippen molar-refractivity contribution in [2.24, 2.45) is 22.2 Å². The van der Waals surface area contributed by atoms with Gasteiger partial charge in [-0.15, -0.1) is 0 Å². The van der Waals surface area contributed by atoms with Crippen molar-refractivity contribution in [2.45, 2.75) is 87.4 Å². The first-order chi connectivity index (χ1) is 31.7. The molecule has 19 N–H and O–H groups in total. The number of amides is 10. The van der Waals surface area contributed by atoms with Gasteiger partial charge in [0.25, 0.3) is 0 Å². The van der Waals surface area contributed by atoms with Crippen LogP contribution in [0.5, 0.6) is 0 Å². The Morgan fingerprint density at radius 3 is 1.55 bits per heavy atom. The van der Waals surface area contributed by atoms with Crippen molar-refractivity contribution in [3.8, 4) is 0 Å². The Morgan fingerprint density at radius 2 is 1.07 bits per heavy atom. The van der Waals surface area contributed by atoms with Crippen LogP contribution in [0.25, 0.3) is 0 Å². The molecule has 1 saturated heterocycles. The number of carbonyl (C=O) groups is 11. The van der Waals surface area contributed by atoms with Gasteiger partial charge in [-0.05, 0) is 32.6 Å². The minimum absolute atomic E-state index is 0.0171. The maximum absolute atomic E-state index is 13.3. The lowest BCUT2D eigenvalue weighted by Crippen LogP contribution is -2.59. The van der Waals surface area contributed by atoms with Crippen molar-refractivity contribution in [3.63, 3.8) is 0 Å². The fourth-order valence-corrected chi connectivity index (χ4v) is 5.94. The second-order valence-corrected chi connectivity index (χ2v) is 14.6. The molecule has 0 aromatic carbocycles. The average Bonchev–Trinajstić information content (AvgIpc) is 3.80. The van der Waals surface area contributed by atoms with Crippen LogP contribution in [-0.2, 0) is 63.0 Å². The van der Waals surface area contributed by atoms with Gasteiger partial charge < -0.3 is 90.4 Å². The Kier molecular flexibility index (Phi) is 26.4. The van der Waals surface area contributed by atoms with Crippen LogP contribution in [0.4, 0.5) is 0 Å². The maximum atomic E-state index is 13.3. The molecule has 31 nitrogen and oxygen atoms in total. The molecule has 10 amide bonds. The van der Waals surface area contributed by atoms with E-state index in [1.165, 1.54) is 0 Å². The molecule has 376 valence electrons. The molecular formula is C36H60N14O17. The largest absolute Gasteiger partial charge is 0.394 e. The molecule has 0 spiro atoms. The summed E-state index contributed by atoms with van der Waals surface area (Å²) in [7, 11) is 0. The van der Waals surface area contributed by atoms with Gasteiger partial charge in [-0.25, -0.2) is 15.0 Å². The number of nitrogens with one attached hydrogen (secondary N) is 9. The summed E-state index contributed by atoms with van der Waals surface area (Å²) in [5.41, 5.74) is 15.8. The summed E-state index contributed by atoms with van der Waals surface area (Å²) in [5, 5.41) is 80.8. The summed E-state index contributed by atoms with van der Waals surface area (Å²) in [4.78, 5) is 143. The SMILES string of the molecule is C[C@H](NC(=O)C1CCCN1C(=O)[C@H](CO)NC(=O)[C@@H](CC[O])NC(=O)CNC(=O)[C@@H](CCCN=C(N)N)NC(=O)CNC(=O)[C@@H](CO)NC(=O)[C@H](CO)NC(=O)[C@@H](CO)NC(=O)CN)C([O])=O. The number of aliphatic hydroxyl groups excluding tert-OH is 4. The molecule has 1 fully saturated rings. The standard InChI is InChI=1S/C36H60N14O17/c1-17(35(66)67)43-33(64)24-5-3-8-50(24)34(65)23(16-55)49-30(61)19(6-9-51)45-27(58)11-41-28(59)18(4-2-7-40-36(38)39)44-26(57)12-42-29(60)20(13-52)47-32(63)22(15-54)48-31(62)21(14-53)46-25(56)10-37/h17-24,52-55H,2-16,37H2,1H3,(H,41,59)(H,42,60)(H,43,64)(H,44,57)(H,45,58)(H,46,56)(H,47,63)(H,48,62)(H,49,61)(H4,38,39,40)/t17-,18+,19+,20+,21+,22-,23-,24?/m0/s1. The summed E-state index contributed by atoms with van der Waals surface area (Å²) in [6, 6.07) is -12.3. The number of hydrogen-bond donors (Lipinski definition) is 16. The molecule has 0 aromatic heterocycles. The number of nitrogens with zero attached hydrogens (tertiary/aromatic N) is 2. The molecule has 2 radical (unpaired) electrons. The van der Waals surface area contributed by atoms with E-state index in [-0.39, 0.29) is 38.3 Å². The summed E-state index contributed by atoms with van der Waals surface area (Å²) in [6.45, 7) is -5.98. The summed E-state index contributed by atoms with van der Waals surface area (Å²) >= 11 is 0. The van der Waals surface area contributed by atoms with E-state index >= 15 is 0 Å². The fraction of sp³-hybridized carbons (Fsp3) is 0.667. The number of hydrogen-bond acceptors (Lipinski definition) is 17. The number of nitrogens with two attached hydrogens (primary N) is 3. The van der Waals surface area contributed by atoms with Crippen molar-refractivity contribution in [3.05, 3.63) is 0 Å². The second kappa shape index (κ2) is 30.4. The number of likely N-dealkylation sites (tertiary alicyclic amines) is 1. The smallest absolute Gasteiger partial charge is 0.377 e. The Morgan fingerprint density at radius 1 is 0.627 bits per heavy atom. The summed E-state index contributed by atoms with van der Waals surface area (Å²) in [6.07, 6.45) is -0.139. The first-order valence-electron chi connectivity index (χ1n) is 20.6. The molecule has 0 bridgehead atoms. The molecule has 67 heavy (non-hydrogen) atoms. The molecule has 1 aliphatic rings. The lowest BCUT2D eigenvalue weighted by Gasteiger charge is -2.29. The van der Waals surface area contributed by atoms with Gasteiger partial charge in [-0.3, -0.25) is 52.9 Å². The van der Waals surface area contributed by atoms with Gasteiger partial charge in [0.05, 0.1) is 52.7 Å². The lowest BCUT2D eigenvalue weighted by molar-refractivity contribution is -0.148. The van der Waals surface area contributed by atoms with E-state index in [4.69, 9.17) is 17.2 Å². The number of guanidine groups is 1. The third kappa shape index (κ3) is 20.5. The highest BCUT2D eigenvalue weighted by Gasteiger charge is 2.39. The van der Waals surface area contributed by atoms with E-state index in [0.717, 1.165) is 11.8 Å². The Labute approximate surface area is 382 Å². The third-order valence-electron chi connectivity index (χ3n) is 9.50. The van der Waals surface area contributed by atoms with E-state index in [1.807, 2.05) is 10.6 Å². The van der Waals surface area contributed by atoms with Crippen LogP contribution in [0.15, 0.2) is 4.99 Å². The zero-order valence-corrected chi connectivity index (χ0v) is 36.4. The van der Waals surface area contributed by atoms with Crippen LogP contribution in [0.2, 0.25) is 0 Å². The topological polar surface area (TPSA) is 510 Å². The minimum atomic E-state index is -1.76. The number of carbonyl (C=O) groups excluding carboxylic acids is 11. The molecule has 0 aliphatic carbocycles.